The van der Waals surface area contributed by atoms with Crippen LogP contribution in [0.25, 0.3) is 0 Å². The average Bonchev–Trinajstić information content (AvgIpc) is 2.99. The van der Waals surface area contributed by atoms with Gasteiger partial charge in [-0.05, 0) is 31.0 Å². The summed E-state index contributed by atoms with van der Waals surface area (Å²) in [6, 6.07) is 4.95. The fourth-order valence-electron chi connectivity index (χ4n) is 3.11. The second kappa shape index (κ2) is 7.78. The van der Waals surface area contributed by atoms with Gasteiger partial charge < -0.3 is 10.6 Å². The number of carbonyl (C=O) groups is 2. The number of hydrogen-bond acceptors (Lipinski definition) is 5. The third kappa shape index (κ3) is 4.76. The molecule has 1 aliphatic heterocycles. The Balaban J connectivity index is 1.65. The van der Waals surface area contributed by atoms with Gasteiger partial charge >= 0.3 is 0 Å². The van der Waals surface area contributed by atoms with Crippen molar-refractivity contribution in [1.82, 2.24) is 5.32 Å². The van der Waals surface area contributed by atoms with E-state index in [2.05, 4.69) is 10.6 Å². The summed E-state index contributed by atoms with van der Waals surface area (Å²) in [5.74, 6) is 0.114. The highest BCUT2D eigenvalue weighted by atomic mass is 32.2. The van der Waals surface area contributed by atoms with Gasteiger partial charge in [-0.2, -0.15) is 0 Å². The average molecular weight is 383 g/mol. The van der Waals surface area contributed by atoms with Crippen LogP contribution in [0.2, 0.25) is 0 Å². The molecule has 1 saturated carbocycles. The highest BCUT2D eigenvalue weighted by Crippen LogP contribution is 2.33. The minimum atomic E-state index is -3.57. The predicted molar refractivity (Wildman–Crippen MR) is 97.5 cm³/mol. The van der Waals surface area contributed by atoms with Crippen LogP contribution in [0, 0.1) is 0 Å². The molecular weight excluding hydrogens is 360 g/mol. The molecule has 1 fully saturated rings. The van der Waals surface area contributed by atoms with Crippen molar-refractivity contribution >= 4 is 39.1 Å². The highest BCUT2D eigenvalue weighted by Gasteiger charge is 2.22. The summed E-state index contributed by atoms with van der Waals surface area (Å²) in [6.07, 6.45) is 4.53. The van der Waals surface area contributed by atoms with E-state index in [1.54, 1.807) is 12.1 Å². The van der Waals surface area contributed by atoms with Crippen LogP contribution in [0.3, 0.4) is 0 Å². The predicted octanol–water partition coefficient (Wildman–Crippen LogP) is 2.34. The molecule has 0 bridgehead atoms. The zero-order valence-corrected chi connectivity index (χ0v) is 15.5. The Hall–Kier alpha value is -1.54. The van der Waals surface area contributed by atoms with E-state index in [9.17, 15) is 18.0 Å². The van der Waals surface area contributed by atoms with Crippen LogP contribution in [0.15, 0.2) is 28.0 Å². The molecule has 0 unspecified atom stereocenters. The van der Waals surface area contributed by atoms with Gasteiger partial charge in [-0.1, -0.05) is 12.8 Å². The summed E-state index contributed by atoms with van der Waals surface area (Å²) in [5.41, 5.74) is 0.531. The number of thioether (sulfide) groups is 1. The van der Waals surface area contributed by atoms with Crippen molar-refractivity contribution in [1.29, 1.82) is 0 Å². The van der Waals surface area contributed by atoms with E-state index in [4.69, 9.17) is 0 Å². The number of hydrogen-bond donors (Lipinski definition) is 2. The molecule has 0 atom stereocenters. The van der Waals surface area contributed by atoms with Gasteiger partial charge in [0.2, 0.25) is 11.8 Å². The maximum atomic E-state index is 12.5. The summed E-state index contributed by atoms with van der Waals surface area (Å²) in [4.78, 5) is 24.6. The highest BCUT2D eigenvalue weighted by molar-refractivity contribution is 7.99. The topological polar surface area (TPSA) is 92.3 Å². The number of sulfone groups is 1. The monoisotopic (exact) mass is 382 g/mol. The Kier molecular flexibility index (Phi) is 5.68. The smallest absolute Gasteiger partial charge is 0.225 e. The minimum absolute atomic E-state index is 0.0446. The molecule has 6 nitrogen and oxygen atoms in total. The summed E-state index contributed by atoms with van der Waals surface area (Å²) in [7, 11) is -3.57. The van der Waals surface area contributed by atoms with Crippen molar-refractivity contribution < 1.29 is 18.0 Å². The van der Waals surface area contributed by atoms with Gasteiger partial charge in [-0.15, -0.1) is 11.8 Å². The lowest BCUT2D eigenvalue weighted by Crippen LogP contribution is -2.33. The van der Waals surface area contributed by atoms with Crippen LogP contribution in [0.5, 0.6) is 0 Å². The van der Waals surface area contributed by atoms with Crippen molar-refractivity contribution in [2.24, 2.45) is 0 Å². The summed E-state index contributed by atoms with van der Waals surface area (Å²) < 4.78 is 25.1. The van der Waals surface area contributed by atoms with Gasteiger partial charge in [0.15, 0.2) is 9.84 Å². The summed E-state index contributed by atoms with van der Waals surface area (Å²) >= 11 is 1.53. The lowest BCUT2D eigenvalue weighted by atomic mass is 10.2. The van der Waals surface area contributed by atoms with E-state index in [0.29, 0.717) is 17.9 Å². The van der Waals surface area contributed by atoms with Crippen molar-refractivity contribution in [3.8, 4) is 0 Å². The lowest BCUT2D eigenvalue weighted by Gasteiger charge is -2.12. The maximum absolute atomic E-state index is 12.5. The van der Waals surface area contributed by atoms with Gasteiger partial charge in [0, 0.05) is 29.5 Å². The molecule has 2 N–H and O–H groups in total. The van der Waals surface area contributed by atoms with E-state index in [1.807, 2.05) is 0 Å². The standard InChI is InChI=1S/C17H22N2O4S2/c20-16-7-9-24-15-6-5-13(11-14(15)19-16)25(22,23)10-8-17(21)18-12-3-1-2-4-12/h5-6,11-12H,1-4,7-10H2,(H,18,21)(H,19,20). The van der Waals surface area contributed by atoms with Gasteiger partial charge in [0.25, 0.3) is 0 Å². The Morgan fingerprint density at radius 3 is 2.80 bits per heavy atom. The largest absolute Gasteiger partial charge is 0.353 e. The molecule has 8 heteroatoms. The minimum Gasteiger partial charge on any atom is -0.353 e. The number of benzene rings is 1. The van der Waals surface area contributed by atoms with Crippen LogP contribution in [-0.4, -0.2) is 37.8 Å². The summed E-state index contributed by atoms with van der Waals surface area (Å²) in [6.45, 7) is 0. The normalized spacial score (nSPS) is 18.3. The van der Waals surface area contributed by atoms with E-state index in [0.717, 1.165) is 30.6 Å². The second-order valence-corrected chi connectivity index (χ2v) is 9.67. The fourth-order valence-corrected chi connectivity index (χ4v) is 5.31. The van der Waals surface area contributed by atoms with E-state index < -0.39 is 9.84 Å². The van der Waals surface area contributed by atoms with Crippen LogP contribution in [-0.2, 0) is 19.4 Å². The number of rotatable bonds is 5. The van der Waals surface area contributed by atoms with Crippen molar-refractivity contribution in [3.63, 3.8) is 0 Å². The molecule has 0 aromatic heterocycles. The van der Waals surface area contributed by atoms with Crippen molar-refractivity contribution in [2.75, 3.05) is 16.8 Å². The first-order valence-corrected chi connectivity index (χ1v) is 11.2. The molecule has 136 valence electrons. The quantitative estimate of drug-likeness (QED) is 0.815. The van der Waals surface area contributed by atoms with Crippen molar-refractivity contribution in [2.45, 2.75) is 54.4 Å². The molecule has 0 saturated heterocycles. The molecule has 1 aromatic carbocycles. The van der Waals surface area contributed by atoms with Crippen LogP contribution in [0.4, 0.5) is 5.69 Å². The lowest BCUT2D eigenvalue weighted by molar-refractivity contribution is -0.121. The molecule has 0 radical (unpaired) electrons. The molecule has 1 heterocycles. The molecule has 2 aliphatic rings. The second-order valence-electron chi connectivity index (χ2n) is 6.42. The molecule has 25 heavy (non-hydrogen) atoms. The van der Waals surface area contributed by atoms with Gasteiger partial charge in [0.05, 0.1) is 16.3 Å². The summed E-state index contributed by atoms with van der Waals surface area (Å²) in [5, 5.41) is 5.65. The SMILES string of the molecule is O=C1CCSc2ccc(S(=O)(=O)CCC(=O)NC3CCCC3)cc2N1. The number of amides is 2. The Morgan fingerprint density at radius 2 is 2.04 bits per heavy atom. The van der Waals surface area contributed by atoms with Gasteiger partial charge in [0.1, 0.15) is 0 Å². The van der Waals surface area contributed by atoms with Gasteiger partial charge in [-0.3, -0.25) is 9.59 Å². The zero-order chi connectivity index (χ0) is 17.9. The number of anilines is 1. The van der Waals surface area contributed by atoms with Crippen LogP contribution in [0.1, 0.15) is 38.5 Å². The number of nitrogens with one attached hydrogen (secondary N) is 2. The first-order valence-electron chi connectivity index (χ1n) is 8.53. The molecule has 0 spiro atoms. The molecule has 1 aliphatic carbocycles. The van der Waals surface area contributed by atoms with E-state index >= 15 is 0 Å². The third-order valence-corrected chi connectivity index (χ3v) is 7.28. The number of fused-ring (bicyclic) bond motifs is 1. The van der Waals surface area contributed by atoms with E-state index in [1.165, 1.54) is 17.8 Å². The maximum Gasteiger partial charge on any atom is 0.225 e. The van der Waals surface area contributed by atoms with E-state index in [-0.39, 0.29) is 34.9 Å². The Labute approximate surface area is 152 Å². The molecular formula is C17H22N2O4S2. The molecule has 2 amide bonds. The third-order valence-electron chi connectivity index (χ3n) is 4.49. The van der Waals surface area contributed by atoms with Crippen LogP contribution < -0.4 is 10.6 Å². The Morgan fingerprint density at radius 1 is 1.28 bits per heavy atom. The first kappa shape index (κ1) is 18.3. The first-order chi connectivity index (χ1) is 11.9. The molecule has 3 rings (SSSR count). The van der Waals surface area contributed by atoms with Crippen molar-refractivity contribution in [3.05, 3.63) is 18.2 Å². The Bertz CT molecular complexity index is 771. The van der Waals surface area contributed by atoms with Crippen LogP contribution >= 0.6 is 11.8 Å². The zero-order valence-electron chi connectivity index (χ0n) is 13.9. The number of carbonyl (C=O) groups excluding carboxylic acids is 2. The fraction of sp³-hybridized carbons (Fsp3) is 0.529. The molecule has 1 aromatic rings. The van der Waals surface area contributed by atoms with Gasteiger partial charge in [-0.25, -0.2) is 8.42 Å².